The number of aromatic hydroxyl groups is 1. The number of nitrogens with one attached hydrogen (secondary N) is 1. The first-order valence-corrected chi connectivity index (χ1v) is 15.5. The maximum absolute atomic E-state index is 14.1. The lowest BCUT2D eigenvalue weighted by atomic mass is 9.59. The lowest BCUT2D eigenvalue weighted by Crippen LogP contribution is -2.55. The number of allylic oxidation sites excluding steroid dienone is 1. The Bertz CT molecular complexity index is 1540. The number of rotatable bonds is 6. The summed E-state index contributed by atoms with van der Waals surface area (Å²) in [5.41, 5.74) is 6.25. The molecule has 1 saturated heterocycles. The monoisotopic (exact) mass is 623 g/mol. The summed E-state index contributed by atoms with van der Waals surface area (Å²) in [5.74, 6) is -6.70. The van der Waals surface area contributed by atoms with Crippen LogP contribution in [0.4, 0.5) is 11.4 Å². The molecule has 3 aliphatic carbocycles. The maximum atomic E-state index is 14.1. The number of aliphatic hydroxyl groups excluding tert-OH is 2. The number of hydrogen-bond donors (Lipinski definition) is 5. The van der Waals surface area contributed by atoms with E-state index in [1.54, 1.807) is 25.1 Å². The van der Waals surface area contributed by atoms with Gasteiger partial charge in [-0.1, -0.05) is 20.8 Å². The molecule has 4 aliphatic rings. The number of nitrogens with zero attached hydrogens (tertiary/aromatic N) is 3. The van der Waals surface area contributed by atoms with E-state index in [-0.39, 0.29) is 52.8 Å². The molecule has 1 unspecified atom stereocenters. The number of nitrogens with two attached hydrogens (primary N) is 1. The first-order valence-electron chi connectivity index (χ1n) is 15.5. The van der Waals surface area contributed by atoms with Crippen molar-refractivity contribution in [2.45, 2.75) is 58.5 Å². The van der Waals surface area contributed by atoms with E-state index in [2.05, 4.69) is 31.0 Å². The summed E-state index contributed by atoms with van der Waals surface area (Å²) < 4.78 is 0. The number of likely N-dealkylation sites (N-methyl/N-ethyl adjacent to an activating group) is 1. The van der Waals surface area contributed by atoms with Gasteiger partial charge in [0.05, 0.1) is 29.3 Å². The van der Waals surface area contributed by atoms with Crippen molar-refractivity contribution in [3.05, 3.63) is 34.1 Å². The van der Waals surface area contributed by atoms with Gasteiger partial charge in [0.25, 0.3) is 5.91 Å². The zero-order valence-electron chi connectivity index (χ0n) is 27.1. The van der Waals surface area contributed by atoms with Gasteiger partial charge in [0.15, 0.2) is 11.6 Å². The second-order valence-corrected chi connectivity index (χ2v) is 14.5. The third kappa shape index (κ3) is 5.48. The van der Waals surface area contributed by atoms with Gasteiger partial charge in [-0.2, -0.15) is 0 Å². The van der Waals surface area contributed by atoms with Crippen molar-refractivity contribution in [3.8, 4) is 5.75 Å². The largest absolute Gasteiger partial charge is 0.510 e. The summed E-state index contributed by atoms with van der Waals surface area (Å²) in [6.45, 7) is 7.89. The second-order valence-electron chi connectivity index (χ2n) is 14.5. The van der Waals surface area contributed by atoms with Crippen molar-refractivity contribution in [3.63, 3.8) is 0 Å². The van der Waals surface area contributed by atoms with Crippen LogP contribution in [0.25, 0.3) is 5.76 Å². The topological polar surface area (TPSA) is 177 Å². The summed E-state index contributed by atoms with van der Waals surface area (Å²) in [4.78, 5) is 59.0. The van der Waals surface area contributed by atoms with Gasteiger partial charge in [-0.25, -0.2) is 0 Å². The number of benzene rings is 1. The fourth-order valence-corrected chi connectivity index (χ4v) is 7.95. The Morgan fingerprint density at radius 1 is 1.09 bits per heavy atom. The van der Waals surface area contributed by atoms with E-state index in [4.69, 9.17) is 5.73 Å². The minimum atomic E-state index is -1.33. The molecule has 1 aromatic carbocycles. The number of phenols is 1. The van der Waals surface area contributed by atoms with E-state index < -0.39 is 58.4 Å². The van der Waals surface area contributed by atoms with Gasteiger partial charge in [0.1, 0.15) is 22.8 Å². The minimum absolute atomic E-state index is 0.00422. The van der Waals surface area contributed by atoms with Crippen LogP contribution in [-0.4, -0.2) is 102 Å². The zero-order chi connectivity index (χ0) is 33.3. The van der Waals surface area contributed by atoms with E-state index in [0.717, 1.165) is 19.5 Å². The minimum Gasteiger partial charge on any atom is -0.510 e. The summed E-state index contributed by atoms with van der Waals surface area (Å²) in [5, 5.41) is 37.1. The third-order valence-electron chi connectivity index (χ3n) is 9.62. The molecule has 5 rings (SSSR count). The molecule has 5 atom stereocenters. The molecule has 0 spiro atoms. The van der Waals surface area contributed by atoms with Crippen LogP contribution in [0.3, 0.4) is 0 Å². The van der Waals surface area contributed by atoms with Crippen LogP contribution in [0.1, 0.15) is 51.2 Å². The van der Waals surface area contributed by atoms with Gasteiger partial charge < -0.3 is 31.3 Å². The lowest BCUT2D eigenvalue weighted by molar-refractivity contribution is -0.136. The fourth-order valence-electron chi connectivity index (χ4n) is 7.95. The Kier molecular flexibility index (Phi) is 8.28. The molecule has 0 radical (unpaired) electrons. The molecule has 1 aliphatic heterocycles. The van der Waals surface area contributed by atoms with E-state index in [0.29, 0.717) is 17.7 Å². The Labute approximate surface area is 263 Å². The van der Waals surface area contributed by atoms with Crippen LogP contribution in [0.15, 0.2) is 23.0 Å². The highest BCUT2D eigenvalue weighted by atomic mass is 16.3. The molecule has 12 heteroatoms. The number of Topliss-reactive ketones (excluding diaryl/α,β-unsaturated/α-hetero) is 2. The molecule has 45 heavy (non-hydrogen) atoms. The lowest BCUT2D eigenvalue weighted by Gasteiger charge is -2.46. The molecule has 1 heterocycles. The summed E-state index contributed by atoms with van der Waals surface area (Å²) >= 11 is 0. The van der Waals surface area contributed by atoms with E-state index in [1.165, 1.54) is 0 Å². The highest BCUT2D eigenvalue weighted by Gasteiger charge is 2.56. The molecule has 12 nitrogen and oxygen atoms in total. The van der Waals surface area contributed by atoms with Gasteiger partial charge >= 0.3 is 0 Å². The van der Waals surface area contributed by atoms with Gasteiger partial charge in [-0.15, -0.1) is 0 Å². The Morgan fingerprint density at radius 2 is 1.76 bits per heavy atom. The molecule has 2 amide bonds. The highest BCUT2D eigenvalue weighted by molar-refractivity contribution is 6.28. The van der Waals surface area contributed by atoms with Crippen molar-refractivity contribution >= 4 is 40.5 Å². The number of primary amides is 1. The predicted molar refractivity (Wildman–Crippen MR) is 170 cm³/mol. The molecule has 244 valence electrons. The van der Waals surface area contributed by atoms with Crippen LogP contribution >= 0.6 is 0 Å². The molecular formula is C33H45N5O7. The van der Waals surface area contributed by atoms with Gasteiger partial charge in [-0.05, 0) is 75.2 Å². The van der Waals surface area contributed by atoms with Crippen LogP contribution in [0.5, 0.6) is 5.75 Å². The Hall–Kier alpha value is -3.90. The van der Waals surface area contributed by atoms with E-state index >= 15 is 0 Å². The van der Waals surface area contributed by atoms with Gasteiger partial charge in [0, 0.05) is 31.9 Å². The van der Waals surface area contributed by atoms with Crippen molar-refractivity contribution < 1.29 is 34.5 Å². The number of fused-ring (bicyclic) bond motifs is 3. The third-order valence-corrected chi connectivity index (χ3v) is 9.62. The first-order chi connectivity index (χ1) is 20.9. The van der Waals surface area contributed by atoms with Crippen molar-refractivity contribution in [1.29, 1.82) is 0 Å². The number of likely N-dealkylation sites (tertiary alicyclic amines) is 1. The van der Waals surface area contributed by atoms with Gasteiger partial charge in [-0.3, -0.25) is 29.0 Å². The number of carbonyl (C=O) groups is 4. The predicted octanol–water partition coefficient (Wildman–Crippen LogP) is 2.36. The zero-order valence-corrected chi connectivity index (χ0v) is 27.1. The summed E-state index contributed by atoms with van der Waals surface area (Å²) in [6.07, 6.45) is 2.09. The normalized spacial score (nSPS) is 27.0. The van der Waals surface area contributed by atoms with Crippen LogP contribution < -0.4 is 16.0 Å². The molecule has 1 aromatic rings. The molecular weight excluding hydrogens is 578 g/mol. The SMILES string of the molecule is CN(C)c1cc(NC(=O)[C@@H]2CCCN2CC(C)(C)C)c(O)c2c1C[C@H]1C[C@@H]3C(C(=O)C(C(N)=O)=C(O)[C@H]3N(C)C)C(=O)C1=C2O. The Balaban J connectivity index is 1.57. The molecule has 1 saturated carbocycles. The number of amides is 2. The van der Waals surface area contributed by atoms with E-state index in [9.17, 15) is 34.5 Å². The quantitative estimate of drug-likeness (QED) is 0.180. The maximum Gasteiger partial charge on any atom is 0.255 e. The average molecular weight is 624 g/mol. The Morgan fingerprint density at radius 3 is 2.33 bits per heavy atom. The van der Waals surface area contributed by atoms with Crippen LogP contribution in [0, 0.1) is 23.2 Å². The first kappa shape index (κ1) is 32.5. The molecule has 6 N–H and O–H groups in total. The van der Waals surface area contributed by atoms with E-state index in [1.807, 2.05) is 19.0 Å². The van der Waals surface area contributed by atoms with Crippen molar-refractivity contribution in [1.82, 2.24) is 9.80 Å². The second kappa shape index (κ2) is 11.5. The summed E-state index contributed by atoms with van der Waals surface area (Å²) in [7, 11) is 6.99. The summed E-state index contributed by atoms with van der Waals surface area (Å²) in [6, 6.07) is 0.500. The van der Waals surface area contributed by atoms with Crippen LogP contribution in [0.2, 0.25) is 0 Å². The highest BCUT2D eigenvalue weighted by Crippen LogP contribution is 2.53. The number of aliphatic hydroxyl groups is 2. The number of anilines is 2. The fraction of sp³-hybridized carbons (Fsp3) is 0.576. The standard InChI is InChI=1S/C33H45N5O7/c1-33(2,3)14-38-10-8-9-19(38)32(45)35-18-13-20(36(4)5)16-11-15-12-17-23(28(41)21(15)27(40)22(16)26(18)39)29(42)24(31(34)44)30(43)25(17)37(6)7/h13,15,17,19,23,25,39-40,43H,8-12,14H2,1-7H3,(H2,34,44)(H,35,45)/t15-,17+,19-,23?,25-/m0/s1. The molecule has 0 bridgehead atoms. The average Bonchev–Trinajstić information content (AvgIpc) is 3.35. The molecule has 0 aromatic heterocycles. The molecule has 2 fully saturated rings. The number of hydrogen-bond acceptors (Lipinski definition) is 10. The number of carbonyl (C=O) groups excluding carboxylic acids is 4. The number of phenolic OH excluding ortho intramolecular Hbond substituents is 1. The van der Waals surface area contributed by atoms with Gasteiger partial charge in [0.2, 0.25) is 5.91 Å². The smallest absolute Gasteiger partial charge is 0.255 e. The van der Waals surface area contributed by atoms with Crippen LogP contribution in [-0.2, 0) is 25.6 Å². The van der Waals surface area contributed by atoms with Crippen molar-refractivity contribution in [2.24, 2.45) is 28.9 Å². The van der Waals surface area contributed by atoms with Crippen molar-refractivity contribution in [2.75, 3.05) is 51.5 Å². The number of ketones is 2.